The molecular formula is C25H28N4O3. The highest BCUT2D eigenvalue weighted by Gasteiger charge is 2.45. The Hall–Kier alpha value is -3.22. The summed E-state index contributed by atoms with van der Waals surface area (Å²) < 4.78 is 2.43. The van der Waals surface area contributed by atoms with Gasteiger partial charge in [0.1, 0.15) is 11.3 Å². The second-order valence-electron chi connectivity index (χ2n) is 9.22. The summed E-state index contributed by atoms with van der Waals surface area (Å²) in [6.45, 7) is 2.47. The molecule has 0 radical (unpaired) electrons. The fourth-order valence-corrected chi connectivity index (χ4v) is 5.76. The molecule has 32 heavy (non-hydrogen) atoms. The third kappa shape index (κ3) is 3.10. The van der Waals surface area contributed by atoms with Gasteiger partial charge in [0, 0.05) is 32.6 Å². The van der Waals surface area contributed by atoms with Crippen LogP contribution in [0.3, 0.4) is 0 Å². The van der Waals surface area contributed by atoms with Crippen LogP contribution in [0.4, 0.5) is 0 Å². The van der Waals surface area contributed by atoms with E-state index in [0.717, 1.165) is 23.8 Å². The number of aromatic nitrogens is 3. The lowest BCUT2D eigenvalue weighted by Gasteiger charge is -2.32. The van der Waals surface area contributed by atoms with Gasteiger partial charge in [0.2, 0.25) is 0 Å². The Bertz CT molecular complexity index is 1320. The predicted molar refractivity (Wildman–Crippen MR) is 123 cm³/mol. The van der Waals surface area contributed by atoms with Crippen LogP contribution in [0.25, 0.3) is 11.0 Å². The lowest BCUT2D eigenvalue weighted by molar-refractivity contribution is 0.0684. The Balaban J connectivity index is 1.58. The van der Waals surface area contributed by atoms with Crippen molar-refractivity contribution < 1.29 is 4.79 Å². The lowest BCUT2D eigenvalue weighted by atomic mass is 9.77. The molecule has 2 aliphatic rings. The Morgan fingerprint density at radius 2 is 1.75 bits per heavy atom. The van der Waals surface area contributed by atoms with Gasteiger partial charge in [-0.2, -0.15) is 0 Å². The molecule has 3 atom stereocenters. The Labute approximate surface area is 186 Å². The van der Waals surface area contributed by atoms with E-state index in [2.05, 4.69) is 29.2 Å². The molecule has 5 rings (SSSR count). The van der Waals surface area contributed by atoms with Crippen LogP contribution in [0.1, 0.15) is 53.2 Å². The van der Waals surface area contributed by atoms with E-state index in [1.165, 1.54) is 23.6 Å². The molecule has 0 bridgehead atoms. The second kappa shape index (κ2) is 7.73. The molecule has 3 heterocycles. The topological polar surface area (TPSA) is 77.2 Å². The highest BCUT2D eigenvalue weighted by molar-refractivity contribution is 5.95. The van der Waals surface area contributed by atoms with Gasteiger partial charge in [-0.1, -0.05) is 43.2 Å². The summed E-state index contributed by atoms with van der Waals surface area (Å²) in [5.74, 6) is 0.662. The maximum absolute atomic E-state index is 13.7. The first-order valence-electron chi connectivity index (χ1n) is 11.3. The molecule has 0 spiro atoms. The number of amides is 1. The number of nitrogens with zero attached hydrogens (tertiary/aromatic N) is 4. The van der Waals surface area contributed by atoms with Gasteiger partial charge in [-0.25, -0.2) is 9.78 Å². The van der Waals surface area contributed by atoms with Gasteiger partial charge in [0.15, 0.2) is 0 Å². The number of hydrogen-bond acceptors (Lipinski definition) is 4. The zero-order chi connectivity index (χ0) is 22.6. The standard InChI is InChI=1S/C25H28N4O3/c1-15-13-19(26-22-21(15)24(31)28(3)25(32)27(22)2)23(30)29-14-18(16-9-5-4-6-10-16)17-11-7-8-12-20(17)29/h4-6,9-10,13,17-18,20H,7-8,11-12,14H2,1-3H3. The minimum absolute atomic E-state index is 0.113. The average Bonchev–Trinajstić information content (AvgIpc) is 3.20. The van der Waals surface area contributed by atoms with E-state index in [1.807, 2.05) is 11.0 Å². The summed E-state index contributed by atoms with van der Waals surface area (Å²) in [5.41, 5.74) is 1.68. The van der Waals surface area contributed by atoms with E-state index in [-0.39, 0.29) is 23.2 Å². The maximum Gasteiger partial charge on any atom is 0.332 e. The van der Waals surface area contributed by atoms with Crippen LogP contribution in [-0.4, -0.2) is 37.5 Å². The molecule has 166 valence electrons. The molecule has 1 aliphatic heterocycles. The monoisotopic (exact) mass is 432 g/mol. The normalized spacial score (nSPS) is 22.8. The molecule has 0 N–H and O–H groups in total. The zero-order valence-electron chi connectivity index (χ0n) is 18.7. The zero-order valence-corrected chi connectivity index (χ0v) is 18.7. The SMILES string of the molecule is Cc1cc(C(=O)N2CC(c3ccccc3)C3CCCCC32)nc2c1c(=O)n(C)c(=O)n2C. The van der Waals surface area contributed by atoms with Gasteiger partial charge < -0.3 is 4.90 Å². The van der Waals surface area contributed by atoms with E-state index in [4.69, 9.17) is 0 Å². The summed E-state index contributed by atoms with van der Waals surface area (Å²) >= 11 is 0. The smallest absolute Gasteiger partial charge is 0.332 e. The number of likely N-dealkylation sites (tertiary alicyclic amines) is 1. The van der Waals surface area contributed by atoms with Crippen molar-refractivity contribution in [3.63, 3.8) is 0 Å². The van der Waals surface area contributed by atoms with Crippen LogP contribution in [-0.2, 0) is 14.1 Å². The number of pyridine rings is 1. The van der Waals surface area contributed by atoms with E-state index < -0.39 is 5.69 Å². The Morgan fingerprint density at radius 1 is 1.03 bits per heavy atom. The van der Waals surface area contributed by atoms with E-state index in [0.29, 0.717) is 35.0 Å². The van der Waals surface area contributed by atoms with Crippen molar-refractivity contribution in [3.05, 3.63) is 74.1 Å². The molecule has 1 aromatic carbocycles. The quantitative estimate of drug-likeness (QED) is 0.624. The largest absolute Gasteiger partial charge is 0.333 e. The van der Waals surface area contributed by atoms with Crippen LogP contribution in [0.5, 0.6) is 0 Å². The van der Waals surface area contributed by atoms with Gasteiger partial charge in [0.25, 0.3) is 11.5 Å². The number of carbonyl (C=O) groups excluding carboxylic acids is 1. The molecule has 7 nitrogen and oxygen atoms in total. The van der Waals surface area contributed by atoms with Crippen molar-refractivity contribution in [2.24, 2.45) is 20.0 Å². The second-order valence-corrected chi connectivity index (χ2v) is 9.22. The predicted octanol–water partition coefficient (Wildman–Crippen LogP) is 2.74. The fourth-order valence-electron chi connectivity index (χ4n) is 5.76. The van der Waals surface area contributed by atoms with Crippen LogP contribution in [0, 0.1) is 12.8 Å². The molecule has 1 saturated heterocycles. The minimum atomic E-state index is -0.448. The minimum Gasteiger partial charge on any atom is -0.333 e. The van der Waals surface area contributed by atoms with Crippen LogP contribution >= 0.6 is 0 Å². The maximum atomic E-state index is 13.7. The molecule has 1 saturated carbocycles. The number of hydrogen-bond donors (Lipinski definition) is 0. The summed E-state index contributed by atoms with van der Waals surface area (Å²) in [6.07, 6.45) is 4.46. The number of carbonyl (C=O) groups is 1. The molecular weight excluding hydrogens is 404 g/mol. The molecule has 7 heteroatoms. The first-order valence-corrected chi connectivity index (χ1v) is 11.3. The van der Waals surface area contributed by atoms with Gasteiger partial charge in [-0.3, -0.25) is 18.7 Å². The van der Waals surface area contributed by atoms with Crippen molar-refractivity contribution in [1.82, 2.24) is 19.0 Å². The molecule has 3 unspecified atom stereocenters. The Morgan fingerprint density at radius 3 is 2.50 bits per heavy atom. The average molecular weight is 433 g/mol. The van der Waals surface area contributed by atoms with Crippen molar-refractivity contribution >= 4 is 16.9 Å². The van der Waals surface area contributed by atoms with Crippen LogP contribution in [0.2, 0.25) is 0 Å². The van der Waals surface area contributed by atoms with E-state index in [9.17, 15) is 14.4 Å². The summed E-state index contributed by atoms with van der Waals surface area (Å²) in [4.78, 5) is 45.3. The van der Waals surface area contributed by atoms with E-state index in [1.54, 1.807) is 20.0 Å². The first kappa shape index (κ1) is 20.7. The Kier molecular flexibility index (Phi) is 4.99. The van der Waals surface area contributed by atoms with Crippen molar-refractivity contribution in [2.45, 2.75) is 44.6 Å². The summed E-state index contributed by atoms with van der Waals surface area (Å²) in [5, 5.41) is 0.380. The van der Waals surface area contributed by atoms with Crippen LogP contribution < -0.4 is 11.2 Å². The van der Waals surface area contributed by atoms with Gasteiger partial charge >= 0.3 is 5.69 Å². The third-order valence-electron chi connectivity index (χ3n) is 7.41. The molecule has 2 aromatic heterocycles. The fraction of sp³-hybridized carbons (Fsp3) is 0.440. The number of aryl methyl sites for hydroxylation is 2. The van der Waals surface area contributed by atoms with Crippen molar-refractivity contribution in [1.29, 1.82) is 0 Å². The summed E-state index contributed by atoms with van der Waals surface area (Å²) in [7, 11) is 3.04. The molecule has 1 aliphatic carbocycles. The van der Waals surface area contributed by atoms with E-state index >= 15 is 0 Å². The van der Waals surface area contributed by atoms with Crippen molar-refractivity contribution in [2.75, 3.05) is 6.54 Å². The van der Waals surface area contributed by atoms with Crippen LogP contribution in [0.15, 0.2) is 46.0 Å². The lowest BCUT2D eigenvalue weighted by Crippen LogP contribution is -2.40. The number of benzene rings is 1. The van der Waals surface area contributed by atoms with Crippen molar-refractivity contribution in [3.8, 4) is 0 Å². The van der Waals surface area contributed by atoms with Gasteiger partial charge in [0.05, 0.1) is 5.39 Å². The van der Waals surface area contributed by atoms with Gasteiger partial charge in [-0.15, -0.1) is 0 Å². The van der Waals surface area contributed by atoms with Gasteiger partial charge in [-0.05, 0) is 42.9 Å². The highest BCUT2D eigenvalue weighted by atomic mass is 16.2. The highest BCUT2D eigenvalue weighted by Crippen LogP contribution is 2.45. The molecule has 3 aromatic rings. The first-order chi connectivity index (χ1) is 15.4. The number of fused-ring (bicyclic) bond motifs is 2. The molecule has 1 amide bonds. The molecule has 2 fully saturated rings. The third-order valence-corrected chi connectivity index (χ3v) is 7.41. The number of rotatable bonds is 2. The summed E-state index contributed by atoms with van der Waals surface area (Å²) in [6, 6.07) is 12.4.